The van der Waals surface area contributed by atoms with E-state index in [2.05, 4.69) is 24.4 Å². The summed E-state index contributed by atoms with van der Waals surface area (Å²) in [5.74, 6) is -0.331. The molecule has 0 aliphatic carbocycles. The highest BCUT2D eigenvalue weighted by Crippen LogP contribution is 2.20. The van der Waals surface area contributed by atoms with Crippen molar-refractivity contribution in [3.8, 4) is 0 Å². The van der Waals surface area contributed by atoms with Crippen molar-refractivity contribution in [2.45, 2.75) is 25.8 Å². The van der Waals surface area contributed by atoms with Gasteiger partial charge in [-0.2, -0.15) is 0 Å². The van der Waals surface area contributed by atoms with E-state index in [1.54, 1.807) is 12.1 Å². The maximum absolute atomic E-state index is 12.9. The summed E-state index contributed by atoms with van der Waals surface area (Å²) in [6, 6.07) is 14.4. The van der Waals surface area contributed by atoms with Gasteiger partial charge in [-0.3, -0.25) is 4.79 Å². The summed E-state index contributed by atoms with van der Waals surface area (Å²) < 4.78 is 12.9. The van der Waals surface area contributed by atoms with Crippen LogP contribution in [0.4, 0.5) is 10.1 Å². The number of hydrogen-bond donors (Lipinski definition) is 1. The molecule has 0 aromatic heterocycles. The average molecular weight is 312 g/mol. The van der Waals surface area contributed by atoms with Crippen molar-refractivity contribution < 1.29 is 9.18 Å². The Morgan fingerprint density at radius 2 is 1.74 bits per heavy atom. The molecule has 0 unspecified atom stereocenters. The van der Waals surface area contributed by atoms with Gasteiger partial charge in [-0.25, -0.2) is 4.39 Å². The molecule has 1 aliphatic heterocycles. The van der Waals surface area contributed by atoms with Gasteiger partial charge in [-0.1, -0.05) is 18.2 Å². The maximum Gasteiger partial charge on any atom is 0.253 e. The fraction of sp³-hybridized carbons (Fsp3) is 0.316. The highest BCUT2D eigenvalue weighted by atomic mass is 19.1. The van der Waals surface area contributed by atoms with Gasteiger partial charge in [0.1, 0.15) is 5.82 Å². The molecule has 0 radical (unpaired) electrons. The van der Waals surface area contributed by atoms with Crippen LogP contribution in [0.3, 0.4) is 0 Å². The monoisotopic (exact) mass is 312 g/mol. The van der Waals surface area contributed by atoms with Crippen LogP contribution in [0.25, 0.3) is 0 Å². The number of amides is 1. The molecule has 0 spiro atoms. The quantitative estimate of drug-likeness (QED) is 0.933. The lowest BCUT2D eigenvalue weighted by Gasteiger charge is -2.33. The second kappa shape index (κ2) is 6.82. The minimum Gasteiger partial charge on any atom is -0.382 e. The molecule has 0 bridgehead atoms. The summed E-state index contributed by atoms with van der Waals surface area (Å²) in [6.07, 6.45) is 1.84. The Kier molecular flexibility index (Phi) is 4.60. The molecule has 1 heterocycles. The van der Waals surface area contributed by atoms with Gasteiger partial charge in [0.25, 0.3) is 5.91 Å². The van der Waals surface area contributed by atoms with Gasteiger partial charge in [0, 0.05) is 30.4 Å². The van der Waals surface area contributed by atoms with Crippen molar-refractivity contribution in [2.75, 3.05) is 18.4 Å². The standard InChI is InChI=1S/C19H21FN2O/c1-14-4-2-3-5-18(14)21-17-10-12-22(13-11-17)19(23)15-6-8-16(20)9-7-15/h2-9,17,21H,10-13H2,1H3. The van der Waals surface area contributed by atoms with Crippen LogP contribution in [-0.2, 0) is 0 Å². The molecule has 4 heteroatoms. The van der Waals surface area contributed by atoms with Gasteiger partial charge in [0.15, 0.2) is 0 Å². The lowest BCUT2D eigenvalue weighted by molar-refractivity contribution is 0.0718. The zero-order valence-electron chi connectivity index (χ0n) is 13.3. The summed E-state index contributed by atoms with van der Waals surface area (Å²) in [7, 11) is 0. The lowest BCUT2D eigenvalue weighted by atomic mass is 10.0. The molecule has 3 nitrogen and oxygen atoms in total. The first kappa shape index (κ1) is 15.5. The SMILES string of the molecule is Cc1ccccc1NC1CCN(C(=O)c2ccc(F)cc2)CC1. The van der Waals surface area contributed by atoms with Crippen LogP contribution < -0.4 is 5.32 Å². The minimum absolute atomic E-state index is 0.0145. The molecule has 23 heavy (non-hydrogen) atoms. The third-order valence-corrected chi connectivity index (χ3v) is 4.38. The fourth-order valence-electron chi connectivity index (χ4n) is 2.96. The number of rotatable bonds is 3. The predicted octanol–water partition coefficient (Wildman–Crippen LogP) is 3.85. The van der Waals surface area contributed by atoms with Crippen LogP contribution in [0.1, 0.15) is 28.8 Å². The first-order valence-corrected chi connectivity index (χ1v) is 8.00. The minimum atomic E-state index is -0.317. The van der Waals surface area contributed by atoms with E-state index in [1.807, 2.05) is 17.0 Å². The molecule has 120 valence electrons. The number of piperidine rings is 1. The summed E-state index contributed by atoms with van der Waals surface area (Å²) in [5.41, 5.74) is 2.95. The van der Waals surface area contributed by atoms with Crippen LogP contribution in [0.15, 0.2) is 48.5 Å². The first-order valence-electron chi connectivity index (χ1n) is 8.00. The Labute approximate surface area is 136 Å². The predicted molar refractivity (Wildman–Crippen MR) is 90.1 cm³/mol. The Bertz CT molecular complexity index is 676. The van der Waals surface area contributed by atoms with E-state index in [0.29, 0.717) is 11.6 Å². The molecular weight excluding hydrogens is 291 g/mol. The number of likely N-dealkylation sites (tertiary alicyclic amines) is 1. The molecular formula is C19H21FN2O. The molecule has 1 aliphatic rings. The summed E-state index contributed by atoms with van der Waals surface area (Å²) in [4.78, 5) is 14.3. The topological polar surface area (TPSA) is 32.3 Å². The number of benzene rings is 2. The highest BCUT2D eigenvalue weighted by molar-refractivity contribution is 5.94. The average Bonchev–Trinajstić information content (AvgIpc) is 2.58. The molecule has 2 aromatic carbocycles. The van der Waals surface area contributed by atoms with E-state index in [9.17, 15) is 9.18 Å². The number of hydrogen-bond acceptors (Lipinski definition) is 2. The van der Waals surface area contributed by atoms with E-state index >= 15 is 0 Å². The van der Waals surface area contributed by atoms with Crippen molar-refractivity contribution >= 4 is 11.6 Å². The Morgan fingerprint density at radius 1 is 1.09 bits per heavy atom. The molecule has 2 aromatic rings. The summed E-state index contributed by atoms with van der Waals surface area (Å²) >= 11 is 0. The van der Waals surface area contributed by atoms with Crippen LogP contribution in [0.5, 0.6) is 0 Å². The number of para-hydroxylation sites is 1. The molecule has 1 saturated heterocycles. The first-order chi connectivity index (χ1) is 11.1. The van der Waals surface area contributed by atoms with Crippen LogP contribution in [0.2, 0.25) is 0 Å². The number of halogens is 1. The fourth-order valence-corrected chi connectivity index (χ4v) is 2.96. The van der Waals surface area contributed by atoms with Gasteiger partial charge in [-0.05, 0) is 55.7 Å². The third-order valence-electron chi connectivity index (χ3n) is 4.38. The molecule has 1 N–H and O–H groups in total. The molecule has 1 fully saturated rings. The van der Waals surface area contributed by atoms with Crippen LogP contribution >= 0.6 is 0 Å². The van der Waals surface area contributed by atoms with E-state index in [0.717, 1.165) is 31.6 Å². The maximum atomic E-state index is 12.9. The Hall–Kier alpha value is -2.36. The Morgan fingerprint density at radius 3 is 2.39 bits per heavy atom. The van der Waals surface area contributed by atoms with E-state index in [1.165, 1.54) is 17.7 Å². The molecule has 0 saturated carbocycles. The van der Waals surface area contributed by atoms with Crippen molar-refractivity contribution in [3.05, 3.63) is 65.5 Å². The lowest BCUT2D eigenvalue weighted by Crippen LogP contribution is -2.42. The zero-order valence-corrected chi connectivity index (χ0v) is 13.3. The van der Waals surface area contributed by atoms with Crippen molar-refractivity contribution in [3.63, 3.8) is 0 Å². The van der Waals surface area contributed by atoms with Crippen LogP contribution in [0, 0.1) is 12.7 Å². The van der Waals surface area contributed by atoms with Gasteiger partial charge in [-0.15, -0.1) is 0 Å². The number of carbonyl (C=O) groups is 1. The Balaban J connectivity index is 1.57. The summed E-state index contributed by atoms with van der Waals surface area (Å²) in [6.45, 7) is 3.54. The van der Waals surface area contributed by atoms with E-state index < -0.39 is 0 Å². The molecule has 1 amide bonds. The van der Waals surface area contributed by atoms with Gasteiger partial charge in [0.05, 0.1) is 0 Å². The van der Waals surface area contributed by atoms with Crippen molar-refractivity contribution in [1.29, 1.82) is 0 Å². The van der Waals surface area contributed by atoms with Crippen molar-refractivity contribution in [2.24, 2.45) is 0 Å². The van der Waals surface area contributed by atoms with E-state index in [4.69, 9.17) is 0 Å². The third kappa shape index (κ3) is 3.70. The normalized spacial score (nSPS) is 15.5. The second-order valence-corrected chi connectivity index (χ2v) is 6.03. The number of nitrogens with one attached hydrogen (secondary N) is 1. The number of carbonyl (C=O) groups excluding carboxylic acids is 1. The smallest absolute Gasteiger partial charge is 0.253 e. The van der Waals surface area contributed by atoms with Gasteiger partial charge >= 0.3 is 0 Å². The van der Waals surface area contributed by atoms with Crippen LogP contribution in [-0.4, -0.2) is 29.9 Å². The largest absolute Gasteiger partial charge is 0.382 e. The van der Waals surface area contributed by atoms with Gasteiger partial charge < -0.3 is 10.2 Å². The van der Waals surface area contributed by atoms with Gasteiger partial charge in [0.2, 0.25) is 0 Å². The number of nitrogens with zero attached hydrogens (tertiary/aromatic N) is 1. The zero-order chi connectivity index (χ0) is 16.2. The van der Waals surface area contributed by atoms with E-state index in [-0.39, 0.29) is 11.7 Å². The second-order valence-electron chi connectivity index (χ2n) is 6.03. The molecule has 0 atom stereocenters. The number of aryl methyl sites for hydroxylation is 1. The van der Waals surface area contributed by atoms with Crippen molar-refractivity contribution in [1.82, 2.24) is 4.90 Å². The number of anilines is 1. The summed E-state index contributed by atoms with van der Waals surface area (Å²) in [5, 5.41) is 3.57. The highest BCUT2D eigenvalue weighted by Gasteiger charge is 2.23. The molecule has 3 rings (SSSR count).